The minimum atomic E-state index is -0.703. The monoisotopic (exact) mass is 214 g/mol. The summed E-state index contributed by atoms with van der Waals surface area (Å²) in [6.45, 7) is 6.48. The third-order valence-corrected chi connectivity index (χ3v) is 3.24. The highest BCUT2D eigenvalue weighted by molar-refractivity contribution is 7.11. The van der Waals surface area contributed by atoms with Crippen LogP contribution in [0.25, 0.3) is 0 Å². The standard InChI is InChI=1S/C10H18N2OS/c1-7-8(2)14-9(12-7)5-10(3,13)6-11-4/h11,13H,5-6H2,1-4H3. The number of nitrogens with zero attached hydrogens (tertiary/aromatic N) is 1. The van der Waals surface area contributed by atoms with Crippen LogP contribution in [0.2, 0.25) is 0 Å². The fraction of sp³-hybridized carbons (Fsp3) is 0.700. The Hall–Kier alpha value is -0.450. The van der Waals surface area contributed by atoms with Gasteiger partial charge in [0, 0.05) is 17.8 Å². The Morgan fingerprint density at radius 1 is 1.50 bits per heavy atom. The number of rotatable bonds is 4. The van der Waals surface area contributed by atoms with Gasteiger partial charge in [-0.2, -0.15) is 0 Å². The number of nitrogens with one attached hydrogen (secondary N) is 1. The highest BCUT2D eigenvalue weighted by Crippen LogP contribution is 2.20. The van der Waals surface area contributed by atoms with Gasteiger partial charge < -0.3 is 10.4 Å². The van der Waals surface area contributed by atoms with Crippen LogP contribution in [0.3, 0.4) is 0 Å². The molecule has 3 nitrogen and oxygen atoms in total. The van der Waals surface area contributed by atoms with E-state index in [0.717, 1.165) is 10.7 Å². The molecule has 4 heteroatoms. The molecule has 0 radical (unpaired) electrons. The summed E-state index contributed by atoms with van der Waals surface area (Å²) in [6.07, 6.45) is 0.618. The predicted molar refractivity (Wildman–Crippen MR) is 59.8 cm³/mol. The molecule has 0 spiro atoms. The van der Waals surface area contributed by atoms with Crippen LogP contribution in [0.15, 0.2) is 0 Å². The highest BCUT2D eigenvalue weighted by atomic mass is 32.1. The van der Waals surface area contributed by atoms with E-state index in [0.29, 0.717) is 13.0 Å². The van der Waals surface area contributed by atoms with Crippen molar-refractivity contribution in [3.63, 3.8) is 0 Å². The van der Waals surface area contributed by atoms with Gasteiger partial charge in [0.2, 0.25) is 0 Å². The SMILES string of the molecule is CNCC(C)(O)Cc1nc(C)c(C)s1. The maximum absolute atomic E-state index is 9.97. The summed E-state index contributed by atoms with van der Waals surface area (Å²) in [5, 5.41) is 14.0. The first kappa shape index (κ1) is 11.6. The smallest absolute Gasteiger partial charge is 0.0959 e. The van der Waals surface area contributed by atoms with Gasteiger partial charge in [0.05, 0.1) is 16.3 Å². The fourth-order valence-corrected chi connectivity index (χ4v) is 2.50. The Morgan fingerprint density at radius 3 is 2.57 bits per heavy atom. The lowest BCUT2D eigenvalue weighted by atomic mass is 10.0. The van der Waals surface area contributed by atoms with Crippen molar-refractivity contribution in [1.29, 1.82) is 0 Å². The van der Waals surface area contributed by atoms with Gasteiger partial charge in [-0.3, -0.25) is 0 Å². The quantitative estimate of drug-likeness (QED) is 0.793. The zero-order valence-corrected chi connectivity index (χ0v) is 10.0. The third kappa shape index (κ3) is 3.04. The predicted octanol–water partition coefficient (Wildman–Crippen LogP) is 1.27. The van der Waals surface area contributed by atoms with Crippen LogP contribution in [-0.4, -0.2) is 29.3 Å². The summed E-state index contributed by atoms with van der Waals surface area (Å²) < 4.78 is 0. The molecule has 0 fully saturated rings. The molecule has 0 saturated carbocycles. The number of aromatic nitrogens is 1. The molecule has 0 aliphatic carbocycles. The number of hydrogen-bond donors (Lipinski definition) is 2. The molecule has 0 aliphatic heterocycles. The number of aryl methyl sites for hydroxylation is 2. The molecule has 0 saturated heterocycles. The van der Waals surface area contributed by atoms with E-state index < -0.39 is 5.60 Å². The molecular formula is C10H18N2OS. The first-order chi connectivity index (χ1) is 6.44. The van der Waals surface area contributed by atoms with E-state index in [2.05, 4.69) is 17.2 Å². The van der Waals surface area contributed by atoms with E-state index in [1.807, 2.05) is 20.9 Å². The zero-order chi connectivity index (χ0) is 10.8. The van der Waals surface area contributed by atoms with Crippen molar-refractivity contribution < 1.29 is 5.11 Å². The Morgan fingerprint density at radius 2 is 2.14 bits per heavy atom. The van der Waals surface area contributed by atoms with E-state index in [4.69, 9.17) is 0 Å². The van der Waals surface area contributed by atoms with Crippen LogP contribution in [0.1, 0.15) is 22.5 Å². The number of hydrogen-bond acceptors (Lipinski definition) is 4. The van der Waals surface area contributed by atoms with Crippen molar-refractivity contribution in [2.24, 2.45) is 0 Å². The summed E-state index contributed by atoms with van der Waals surface area (Å²) in [6, 6.07) is 0. The first-order valence-corrected chi connectivity index (χ1v) is 5.56. The minimum absolute atomic E-state index is 0.588. The molecule has 80 valence electrons. The van der Waals surface area contributed by atoms with E-state index in [9.17, 15) is 5.11 Å². The van der Waals surface area contributed by atoms with E-state index in [1.54, 1.807) is 11.3 Å². The van der Waals surface area contributed by atoms with Gasteiger partial charge >= 0.3 is 0 Å². The topological polar surface area (TPSA) is 45.1 Å². The van der Waals surface area contributed by atoms with Crippen molar-refractivity contribution in [2.75, 3.05) is 13.6 Å². The maximum atomic E-state index is 9.97. The van der Waals surface area contributed by atoms with Crippen molar-refractivity contribution in [1.82, 2.24) is 10.3 Å². The molecule has 14 heavy (non-hydrogen) atoms. The van der Waals surface area contributed by atoms with Crippen LogP contribution >= 0.6 is 11.3 Å². The normalized spacial score (nSPS) is 15.5. The summed E-state index contributed by atoms with van der Waals surface area (Å²) in [7, 11) is 1.84. The summed E-state index contributed by atoms with van der Waals surface area (Å²) in [5.74, 6) is 0. The average Bonchev–Trinajstić information content (AvgIpc) is 2.29. The minimum Gasteiger partial charge on any atom is -0.388 e. The molecule has 2 N–H and O–H groups in total. The molecule has 0 amide bonds. The second-order valence-corrected chi connectivity index (χ2v) is 5.24. The van der Waals surface area contributed by atoms with Crippen molar-refractivity contribution >= 4 is 11.3 Å². The van der Waals surface area contributed by atoms with Crippen LogP contribution in [0, 0.1) is 13.8 Å². The molecule has 1 rings (SSSR count). The second-order valence-electron chi connectivity index (χ2n) is 3.95. The molecule has 1 aromatic heterocycles. The van der Waals surface area contributed by atoms with Crippen molar-refractivity contribution in [2.45, 2.75) is 32.8 Å². The summed E-state index contributed by atoms with van der Waals surface area (Å²) in [5.41, 5.74) is 0.371. The number of likely N-dealkylation sites (N-methyl/N-ethyl adjacent to an activating group) is 1. The summed E-state index contributed by atoms with van der Waals surface area (Å²) in [4.78, 5) is 5.64. The van der Waals surface area contributed by atoms with Gasteiger partial charge in [0.15, 0.2) is 0 Å². The second kappa shape index (κ2) is 4.38. The molecule has 0 aliphatic rings. The van der Waals surface area contributed by atoms with Gasteiger partial charge in [0.1, 0.15) is 0 Å². The lowest BCUT2D eigenvalue weighted by molar-refractivity contribution is 0.0622. The van der Waals surface area contributed by atoms with Crippen LogP contribution in [0.4, 0.5) is 0 Å². The molecule has 1 aromatic rings. The number of thiazole rings is 1. The molecule has 0 aromatic carbocycles. The van der Waals surface area contributed by atoms with E-state index in [-0.39, 0.29) is 0 Å². The molecule has 1 unspecified atom stereocenters. The first-order valence-electron chi connectivity index (χ1n) is 4.74. The van der Waals surface area contributed by atoms with Gasteiger partial charge in [-0.1, -0.05) is 0 Å². The average molecular weight is 214 g/mol. The zero-order valence-electron chi connectivity index (χ0n) is 9.22. The Labute approximate surface area is 89.2 Å². The lowest BCUT2D eigenvalue weighted by Gasteiger charge is -2.21. The van der Waals surface area contributed by atoms with Gasteiger partial charge in [-0.15, -0.1) is 11.3 Å². The maximum Gasteiger partial charge on any atom is 0.0959 e. The van der Waals surface area contributed by atoms with E-state index in [1.165, 1.54) is 4.88 Å². The lowest BCUT2D eigenvalue weighted by Crippen LogP contribution is -2.38. The largest absolute Gasteiger partial charge is 0.388 e. The molecule has 0 bridgehead atoms. The molecule has 1 heterocycles. The third-order valence-electron chi connectivity index (χ3n) is 2.16. The van der Waals surface area contributed by atoms with Crippen molar-refractivity contribution in [3.8, 4) is 0 Å². The van der Waals surface area contributed by atoms with Crippen LogP contribution < -0.4 is 5.32 Å². The van der Waals surface area contributed by atoms with Gasteiger partial charge in [0.25, 0.3) is 0 Å². The molecular weight excluding hydrogens is 196 g/mol. The van der Waals surface area contributed by atoms with E-state index >= 15 is 0 Å². The Balaban J connectivity index is 2.68. The highest BCUT2D eigenvalue weighted by Gasteiger charge is 2.21. The Kier molecular flexibility index (Phi) is 3.64. The van der Waals surface area contributed by atoms with Gasteiger partial charge in [-0.05, 0) is 27.8 Å². The van der Waals surface area contributed by atoms with Gasteiger partial charge in [-0.25, -0.2) is 4.98 Å². The molecule has 1 atom stereocenters. The summed E-state index contributed by atoms with van der Waals surface area (Å²) >= 11 is 1.67. The Bertz CT molecular complexity index is 288. The van der Waals surface area contributed by atoms with Crippen LogP contribution in [-0.2, 0) is 6.42 Å². The fourth-order valence-electron chi connectivity index (χ4n) is 1.38. The van der Waals surface area contributed by atoms with Crippen LogP contribution in [0.5, 0.6) is 0 Å². The van der Waals surface area contributed by atoms with Crippen molar-refractivity contribution in [3.05, 3.63) is 15.6 Å². The number of aliphatic hydroxyl groups is 1.